The molecule has 0 aliphatic carbocycles. The van der Waals surface area contributed by atoms with Gasteiger partial charge in [0.05, 0.1) is 6.10 Å². The molecule has 0 amide bonds. The predicted molar refractivity (Wildman–Crippen MR) is 71.3 cm³/mol. The molecule has 0 bridgehead atoms. The maximum absolute atomic E-state index is 13.4. The highest BCUT2D eigenvalue weighted by molar-refractivity contribution is 6.30. The Morgan fingerprint density at radius 1 is 1.16 bits per heavy atom. The van der Waals surface area contributed by atoms with Gasteiger partial charge in [-0.3, -0.25) is 0 Å². The Hall–Kier alpha value is -1.65. The first-order valence-electron chi connectivity index (χ1n) is 5.69. The molecule has 0 saturated carbocycles. The van der Waals surface area contributed by atoms with Gasteiger partial charge in [0.15, 0.2) is 0 Å². The summed E-state index contributed by atoms with van der Waals surface area (Å²) < 4.78 is 26.2. The van der Waals surface area contributed by atoms with E-state index in [1.807, 2.05) is 0 Å². The number of hydrogen-bond donors (Lipinski definition) is 2. The first-order valence-corrected chi connectivity index (χ1v) is 6.06. The van der Waals surface area contributed by atoms with Crippen molar-refractivity contribution in [1.29, 1.82) is 0 Å². The van der Waals surface area contributed by atoms with Gasteiger partial charge in [-0.05, 0) is 24.3 Å². The Kier molecular flexibility index (Phi) is 4.35. The smallest absolute Gasteiger partial charge is 0.131 e. The highest BCUT2D eigenvalue weighted by Crippen LogP contribution is 2.20. The molecule has 100 valence electrons. The highest BCUT2D eigenvalue weighted by atomic mass is 35.5. The first-order chi connectivity index (χ1) is 9.06. The molecular formula is C14H12ClF2NO. The van der Waals surface area contributed by atoms with Gasteiger partial charge >= 0.3 is 0 Å². The van der Waals surface area contributed by atoms with Crippen molar-refractivity contribution in [2.45, 2.75) is 6.10 Å². The standard InChI is InChI=1S/C14H12ClF2NO/c15-9-2-1-3-11(6-9)18-8-14(19)12-5-4-10(16)7-13(12)17/h1-7,14,18-19H,8H2. The third-order valence-electron chi connectivity index (χ3n) is 2.65. The van der Waals surface area contributed by atoms with Gasteiger partial charge in [-0.1, -0.05) is 23.7 Å². The van der Waals surface area contributed by atoms with E-state index in [4.69, 9.17) is 11.6 Å². The quantitative estimate of drug-likeness (QED) is 0.895. The van der Waals surface area contributed by atoms with Crippen molar-refractivity contribution in [2.24, 2.45) is 0 Å². The fourth-order valence-corrected chi connectivity index (χ4v) is 1.88. The number of nitrogens with one attached hydrogen (secondary N) is 1. The fraction of sp³-hybridized carbons (Fsp3) is 0.143. The van der Waals surface area contributed by atoms with E-state index in [9.17, 15) is 13.9 Å². The summed E-state index contributed by atoms with van der Waals surface area (Å²) in [5, 5.41) is 13.4. The molecule has 2 aromatic carbocycles. The van der Waals surface area contributed by atoms with Crippen LogP contribution in [0.2, 0.25) is 5.02 Å². The van der Waals surface area contributed by atoms with Crippen LogP contribution in [0.1, 0.15) is 11.7 Å². The Labute approximate surface area is 114 Å². The molecule has 1 unspecified atom stereocenters. The lowest BCUT2D eigenvalue weighted by molar-refractivity contribution is 0.186. The number of halogens is 3. The second-order valence-corrected chi connectivity index (χ2v) is 4.51. The van der Waals surface area contributed by atoms with Crippen molar-refractivity contribution < 1.29 is 13.9 Å². The van der Waals surface area contributed by atoms with E-state index in [0.29, 0.717) is 10.7 Å². The van der Waals surface area contributed by atoms with E-state index >= 15 is 0 Å². The Balaban J connectivity index is 2.03. The molecule has 2 rings (SSSR count). The summed E-state index contributed by atoms with van der Waals surface area (Å²) in [5.74, 6) is -1.43. The summed E-state index contributed by atoms with van der Waals surface area (Å²) in [5.41, 5.74) is 0.769. The van der Waals surface area contributed by atoms with Gasteiger partial charge < -0.3 is 10.4 Å². The van der Waals surface area contributed by atoms with E-state index < -0.39 is 17.7 Å². The number of benzene rings is 2. The molecule has 2 aromatic rings. The molecule has 0 aliphatic rings. The molecule has 0 fully saturated rings. The summed E-state index contributed by atoms with van der Waals surface area (Å²) in [6.45, 7) is 0.100. The third-order valence-corrected chi connectivity index (χ3v) is 2.88. The minimum Gasteiger partial charge on any atom is -0.386 e. The molecule has 2 N–H and O–H groups in total. The van der Waals surface area contributed by atoms with Crippen LogP contribution in [0.25, 0.3) is 0 Å². The third kappa shape index (κ3) is 3.66. The SMILES string of the molecule is OC(CNc1cccc(Cl)c1)c1ccc(F)cc1F. The van der Waals surface area contributed by atoms with Crippen LogP contribution in [0.5, 0.6) is 0 Å². The van der Waals surface area contributed by atoms with E-state index in [1.165, 1.54) is 6.07 Å². The Morgan fingerprint density at radius 3 is 2.63 bits per heavy atom. The van der Waals surface area contributed by atoms with Crippen LogP contribution in [0.4, 0.5) is 14.5 Å². The molecule has 2 nitrogen and oxygen atoms in total. The van der Waals surface area contributed by atoms with Gasteiger partial charge in [0.2, 0.25) is 0 Å². The number of anilines is 1. The van der Waals surface area contributed by atoms with E-state index in [-0.39, 0.29) is 12.1 Å². The second-order valence-electron chi connectivity index (χ2n) is 4.07. The lowest BCUT2D eigenvalue weighted by Gasteiger charge is -2.14. The van der Waals surface area contributed by atoms with Crippen molar-refractivity contribution in [3.05, 3.63) is 64.7 Å². The number of hydrogen-bond acceptors (Lipinski definition) is 2. The fourth-order valence-electron chi connectivity index (χ4n) is 1.69. The van der Waals surface area contributed by atoms with Crippen molar-refractivity contribution in [2.75, 3.05) is 11.9 Å². The molecule has 1 atom stereocenters. The van der Waals surface area contributed by atoms with Crippen molar-refractivity contribution in [1.82, 2.24) is 0 Å². The van der Waals surface area contributed by atoms with Crippen molar-refractivity contribution >= 4 is 17.3 Å². The summed E-state index contributed by atoms with van der Waals surface area (Å²) >= 11 is 5.82. The van der Waals surface area contributed by atoms with Crippen LogP contribution in [0.3, 0.4) is 0 Å². The maximum atomic E-state index is 13.4. The Morgan fingerprint density at radius 2 is 1.95 bits per heavy atom. The molecule has 0 aromatic heterocycles. The molecule has 0 aliphatic heterocycles. The van der Waals surface area contributed by atoms with Crippen LogP contribution in [-0.4, -0.2) is 11.7 Å². The zero-order chi connectivity index (χ0) is 13.8. The monoisotopic (exact) mass is 283 g/mol. The lowest BCUT2D eigenvalue weighted by atomic mass is 10.1. The number of aliphatic hydroxyl groups excluding tert-OH is 1. The minimum absolute atomic E-state index is 0.0518. The molecule has 19 heavy (non-hydrogen) atoms. The molecule has 0 heterocycles. The lowest BCUT2D eigenvalue weighted by Crippen LogP contribution is -2.13. The normalized spacial score (nSPS) is 12.2. The number of aliphatic hydroxyl groups is 1. The average molecular weight is 284 g/mol. The predicted octanol–water partition coefficient (Wildman–Crippen LogP) is 3.76. The molecule has 0 saturated heterocycles. The highest BCUT2D eigenvalue weighted by Gasteiger charge is 2.13. The topological polar surface area (TPSA) is 32.3 Å². The van der Waals surface area contributed by atoms with Crippen LogP contribution in [-0.2, 0) is 0 Å². The minimum atomic E-state index is -1.07. The average Bonchev–Trinajstić information content (AvgIpc) is 2.36. The first kappa shape index (κ1) is 13.8. The maximum Gasteiger partial charge on any atom is 0.131 e. The van der Waals surface area contributed by atoms with Crippen LogP contribution in [0, 0.1) is 11.6 Å². The van der Waals surface area contributed by atoms with Crippen molar-refractivity contribution in [3.63, 3.8) is 0 Å². The van der Waals surface area contributed by atoms with Crippen LogP contribution in [0.15, 0.2) is 42.5 Å². The zero-order valence-corrected chi connectivity index (χ0v) is 10.7. The molecule has 0 spiro atoms. The zero-order valence-electron chi connectivity index (χ0n) is 9.91. The van der Waals surface area contributed by atoms with Gasteiger partial charge in [0.1, 0.15) is 11.6 Å². The molecule has 0 radical (unpaired) electrons. The van der Waals surface area contributed by atoms with Gasteiger partial charge in [0, 0.05) is 28.9 Å². The van der Waals surface area contributed by atoms with Crippen molar-refractivity contribution in [3.8, 4) is 0 Å². The van der Waals surface area contributed by atoms with Crippen LogP contribution < -0.4 is 5.32 Å². The van der Waals surface area contributed by atoms with E-state index in [2.05, 4.69) is 5.32 Å². The summed E-state index contributed by atoms with van der Waals surface area (Å²) in [7, 11) is 0. The summed E-state index contributed by atoms with van der Waals surface area (Å²) in [4.78, 5) is 0. The number of rotatable bonds is 4. The van der Waals surface area contributed by atoms with Gasteiger partial charge in [-0.25, -0.2) is 8.78 Å². The van der Waals surface area contributed by atoms with Crippen LogP contribution >= 0.6 is 11.6 Å². The van der Waals surface area contributed by atoms with E-state index in [1.54, 1.807) is 24.3 Å². The molecule has 5 heteroatoms. The van der Waals surface area contributed by atoms with Gasteiger partial charge in [-0.2, -0.15) is 0 Å². The van der Waals surface area contributed by atoms with E-state index in [0.717, 1.165) is 12.1 Å². The Bertz CT molecular complexity index is 577. The van der Waals surface area contributed by atoms with Gasteiger partial charge in [0.25, 0.3) is 0 Å². The molecular weight excluding hydrogens is 272 g/mol. The van der Waals surface area contributed by atoms with Gasteiger partial charge in [-0.15, -0.1) is 0 Å². The summed E-state index contributed by atoms with van der Waals surface area (Å²) in [6.07, 6.45) is -1.07. The summed E-state index contributed by atoms with van der Waals surface area (Å²) in [6, 6.07) is 10.0. The largest absolute Gasteiger partial charge is 0.386 e. The second kappa shape index (κ2) is 5.99.